The molecule has 0 saturated carbocycles. The Morgan fingerprint density at radius 2 is 2.26 bits per heavy atom. The first-order chi connectivity index (χ1) is 9.15. The fraction of sp³-hybridized carbons (Fsp3) is 0.357. The maximum absolute atomic E-state index is 11.6. The highest BCUT2D eigenvalue weighted by Crippen LogP contribution is 2.23. The van der Waals surface area contributed by atoms with Gasteiger partial charge in [0, 0.05) is 19.2 Å². The topological polar surface area (TPSA) is 38.3 Å². The van der Waals surface area contributed by atoms with Crippen LogP contribution in [0.4, 0.5) is 0 Å². The van der Waals surface area contributed by atoms with Gasteiger partial charge in [-0.05, 0) is 36.6 Å². The number of hydrogen-bond acceptors (Lipinski definition) is 2. The second-order valence-electron chi connectivity index (χ2n) is 4.39. The van der Waals surface area contributed by atoms with Crippen LogP contribution in [0.1, 0.15) is 18.4 Å². The lowest BCUT2D eigenvalue weighted by atomic mass is 10.2. The zero-order chi connectivity index (χ0) is 13.7. The number of amides is 1. The number of benzene rings is 1. The molecule has 2 rings (SSSR count). The number of halogens is 2. The Bertz CT molecular complexity index is 482. The van der Waals surface area contributed by atoms with Gasteiger partial charge in [-0.15, -0.1) is 0 Å². The van der Waals surface area contributed by atoms with Gasteiger partial charge in [-0.3, -0.25) is 4.79 Å². The zero-order valence-electron chi connectivity index (χ0n) is 10.4. The van der Waals surface area contributed by atoms with Gasteiger partial charge in [0.05, 0.1) is 16.1 Å². The summed E-state index contributed by atoms with van der Waals surface area (Å²) in [5.41, 5.74) is 0.835. The molecule has 1 aliphatic heterocycles. The number of hydrogen-bond donors (Lipinski definition) is 1. The number of nitrogens with one attached hydrogen (secondary N) is 1. The highest BCUT2D eigenvalue weighted by molar-refractivity contribution is 6.42. The molecule has 3 nitrogen and oxygen atoms in total. The summed E-state index contributed by atoms with van der Waals surface area (Å²) >= 11 is 11.7. The van der Waals surface area contributed by atoms with Crippen molar-refractivity contribution >= 4 is 35.2 Å². The van der Waals surface area contributed by atoms with E-state index in [1.807, 2.05) is 0 Å². The van der Waals surface area contributed by atoms with Gasteiger partial charge in [0.25, 0.3) is 0 Å². The first kappa shape index (κ1) is 14.4. The van der Waals surface area contributed by atoms with E-state index in [0.29, 0.717) is 16.6 Å². The Morgan fingerprint density at radius 3 is 2.95 bits per heavy atom. The molecule has 1 aromatic carbocycles. The van der Waals surface area contributed by atoms with E-state index in [2.05, 4.69) is 5.32 Å². The monoisotopic (exact) mass is 299 g/mol. The van der Waals surface area contributed by atoms with Gasteiger partial charge in [0.1, 0.15) is 0 Å². The van der Waals surface area contributed by atoms with E-state index >= 15 is 0 Å². The van der Waals surface area contributed by atoms with Crippen molar-refractivity contribution in [2.75, 3.05) is 13.2 Å². The van der Waals surface area contributed by atoms with Crippen molar-refractivity contribution in [2.45, 2.75) is 18.9 Å². The molecule has 0 aliphatic carbocycles. The Balaban J connectivity index is 1.83. The normalized spacial score (nSPS) is 18.9. The third kappa shape index (κ3) is 4.53. The van der Waals surface area contributed by atoms with Gasteiger partial charge in [0.15, 0.2) is 0 Å². The molecule has 1 amide bonds. The average Bonchev–Trinajstić information content (AvgIpc) is 2.91. The first-order valence-electron chi connectivity index (χ1n) is 6.18. The molecule has 0 bridgehead atoms. The van der Waals surface area contributed by atoms with Crippen LogP contribution >= 0.6 is 23.2 Å². The SMILES string of the molecule is O=C(/C=C/c1ccc(Cl)c(Cl)c1)NC[C@H]1CCCO1. The third-order valence-corrected chi connectivity index (χ3v) is 3.64. The van der Waals surface area contributed by atoms with Crippen molar-refractivity contribution in [1.29, 1.82) is 0 Å². The first-order valence-corrected chi connectivity index (χ1v) is 6.93. The van der Waals surface area contributed by atoms with Crippen molar-refractivity contribution in [1.82, 2.24) is 5.32 Å². The summed E-state index contributed by atoms with van der Waals surface area (Å²) in [6.07, 6.45) is 5.42. The average molecular weight is 300 g/mol. The lowest BCUT2D eigenvalue weighted by Gasteiger charge is -2.08. The molecule has 102 valence electrons. The van der Waals surface area contributed by atoms with Crippen LogP contribution in [0.3, 0.4) is 0 Å². The molecular weight excluding hydrogens is 285 g/mol. The summed E-state index contributed by atoms with van der Waals surface area (Å²) in [6, 6.07) is 5.22. The third-order valence-electron chi connectivity index (χ3n) is 2.90. The second-order valence-corrected chi connectivity index (χ2v) is 5.20. The molecule has 0 aromatic heterocycles. The maximum Gasteiger partial charge on any atom is 0.244 e. The van der Waals surface area contributed by atoms with Crippen molar-refractivity contribution in [3.05, 3.63) is 39.9 Å². The Kier molecular flexibility index (Phi) is 5.25. The predicted octanol–water partition coefficient (Wildman–Crippen LogP) is 3.30. The summed E-state index contributed by atoms with van der Waals surface area (Å²) in [5, 5.41) is 3.79. The smallest absolute Gasteiger partial charge is 0.244 e. The fourth-order valence-corrected chi connectivity index (χ4v) is 2.17. The highest BCUT2D eigenvalue weighted by Gasteiger charge is 2.15. The van der Waals surface area contributed by atoms with Crippen LogP contribution in [0.2, 0.25) is 10.0 Å². The molecule has 5 heteroatoms. The minimum Gasteiger partial charge on any atom is -0.376 e. The van der Waals surface area contributed by atoms with Crippen LogP contribution < -0.4 is 5.32 Å². The van der Waals surface area contributed by atoms with E-state index in [0.717, 1.165) is 25.0 Å². The second kappa shape index (κ2) is 6.94. The van der Waals surface area contributed by atoms with Gasteiger partial charge in [-0.25, -0.2) is 0 Å². The molecule has 1 atom stereocenters. The van der Waals surface area contributed by atoms with Crippen LogP contribution in [0.15, 0.2) is 24.3 Å². The van der Waals surface area contributed by atoms with E-state index in [1.54, 1.807) is 24.3 Å². The molecular formula is C14H15Cl2NO2. The standard InChI is InChI=1S/C14H15Cl2NO2/c15-12-5-3-10(8-13(12)16)4-6-14(18)17-9-11-2-1-7-19-11/h3-6,8,11H,1-2,7,9H2,(H,17,18)/b6-4+/t11-/m1/s1. The van der Waals surface area contributed by atoms with Gasteiger partial charge in [-0.2, -0.15) is 0 Å². The lowest BCUT2D eigenvalue weighted by molar-refractivity contribution is -0.116. The van der Waals surface area contributed by atoms with Crippen molar-refractivity contribution < 1.29 is 9.53 Å². The quantitative estimate of drug-likeness (QED) is 0.866. The predicted molar refractivity (Wildman–Crippen MR) is 77.5 cm³/mol. The molecule has 1 aliphatic rings. The van der Waals surface area contributed by atoms with E-state index in [9.17, 15) is 4.79 Å². The van der Waals surface area contributed by atoms with E-state index in [1.165, 1.54) is 6.08 Å². The van der Waals surface area contributed by atoms with Crippen LogP contribution in [-0.4, -0.2) is 25.2 Å². The van der Waals surface area contributed by atoms with Crippen LogP contribution in [-0.2, 0) is 9.53 Å². The summed E-state index contributed by atoms with van der Waals surface area (Å²) in [7, 11) is 0. The summed E-state index contributed by atoms with van der Waals surface area (Å²) in [6.45, 7) is 1.35. The molecule has 1 heterocycles. The summed E-state index contributed by atoms with van der Waals surface area (Å²) in [4.78, 5) is 11.6. The molecule has 1 aromatic rings. The largest absolute Gasteiger partial charge is 0.376 e. The maximum atomic E-state index is 11.6. The zero-order valence-corrected chi connectivity index (χ0v) is 11.9. The van der Waals surface area contributed by atoms with Crippen LogP contribution in [0.25, 0.3) is 6.08 Å². The van der Waals surface area contributed by atoms with Crippen molar-refractivity contribution in [3.8, 4) is 0 Å². The molecule has 0 unspecified atom stereocenters. The van der Waals surface area contributed by atoms with Crippen molar-refractivity contribution in [2.24, 2.45) is 0 Å². The van der Waals surface area contributed by atoms with E-state index in [4.69, 9.17) is 27.9 Å². The van der Waals surface area contributed by atoms with Gasteiger partial charge >= 0.3 is 0 Å². The van der Waals surface area contributed by atoms with Crippen LogP contribution in [0.5, 0.6) is 0 Å². The van der Waals surface area contributed by atoms with Gasteiger partial charge in [-0.1, -0.05) is 29.3 Å². The molecule has 1 saturated heterocycles. The number of rotatable bonds is 4. The highest BCUT2D eigenvalue weighted by atomic mass is 35.5. The molecule has 0 spiro atoms. The lowest BCUT2D eigenvalue weighted by Crippen LogP contribution is -2.30. The van der Waals surface area contributed by atoms with Gasteiger partial charge in [0.2, 0.25) is 5.91 Å². The molecule has 19 heavy (non-hydrogen) atoms. The van der Waals surface area contributed by atoms with Crippen LogP contribution in [0, 0.1) is 0 Å². The minimum atomic E-state index is -0.137. The minimum absolute atomic E-state index is 0.137. The number of carbonyl (C=O) groups excluding carboxylic acids is 1. The van der Waals surface area contributed by atoms with Gasteiger partial charge < -0.3 is 10.1 Å². The van der Waals surface area contributed by atoms with Crippen molar-refractivity contribution in [3.63, 3.8) is 0 Å². The fourth-order valence-electron chi connectivity index (χ4n) is 1.87. The summed E-state index contributed by atoms with van der Waals surface area (Å²) < 4.78 is 5.42. The Morgan fingerprint density at radius 1 is 1.42 bits per heavy atom. The Labute approximate surface area is 122 Å². The molecule has 1 N–H and O–H groups in total. The number of ether oxygens (including phenoxy) is 1. The summed E-state index contributed by atoms with van der Waals surface area (Å²) in [5.74, 6) is -0.137. The number of carbonyl (C=O) groups is 1. The van der Waals surface area contributed by atoms with E-state index in [-0.39, 0.29) is 12.0 Å². The molecule has 0 radical (unpaired) electrons. The Hall–Kier alpha value is -1.03. The van der Waals surface area contributed by atoms with E-state index < -0.39 is 0 Å². The molecule has 1 fully saturated rings.